The molecule has 104 valence electrons. The van der Waals surface area contributed by atoms with Crippen LogP contribution >= 0.6 is 0 Å². The van der Waals surface area contributed by atoms with Crippen LogP contribution in [0.1, 0.15) is 18.1 Å². The van der Waals surface area contributed by atoms with Crippen LogP contribution in [-0.2, 0) is 24.3 Å². The third-order valence-corrected chi connectivity index (χ3v) is 3.13. The Morgan fingerprint density at radius 1 is 1.50 bits per heavy atom. The number of nitrogens with zero attached hydrogens (tertiary/aromatic N) is 5. The van der Waals surface area contributed by atoms with E-state index in [9.17, 15) is 9.18 Å². The first-order chi connectivity index (χ1) is 9.63. The standard InChI is InChI=1S/C12H13FN6O/c1-8(13)12(20)15-9-5-14-18(6-9)7-11-17-16-10-3-2-4-19(10)11/h5-6H,1-4,7H2,(H,15,20). The number of hydrogen-bond donors (Lipinski definition) is 1. The number of anilines is 1. The molecule has 3 rings (SSSR count). The van der Waals surface area contributed by atoms with Crippen LogP contribution < -0.4 is 5.32 Å². The maximum absolute atomic E-state index is 12.6. The Labute approximate surface area is 114 Å². The van der Waals surface area contributed by atoms with Crippen molar-refractivity contribution in [2.75, 3.05) is 5.32 Å². The number of aryl methyl sites for hydroxylation is 1. The quantitative estimate of drug-likeness (QED) is 0.841. The molecule has 0 radical (unpaired) electrons. The molecule has 0 bridgehead atoms. The van der Waals surface area contributed by atoms with Crippen LogP contribution in [0, 0.1) is 0 Å². The molecule has 2 aromatic rings. The number of carbonyl (C=O) groups excluding carboxylic acids is 1. The number of carbonyl (C=O) groups is 1. The summed E-state index contributed by atoms with van der Waals surface area (Å²) in [7, 11) is 0. The van der Waals surface area contributed by atoms with Crippen LogP contribution in [0.25, 0.3) is 0 Å². The Kier molecular flexibility index (Phi) is 3.05. The summed E-state index contributed by atoms with van der Waals surface area (Å²) >= 11 is 0. The minimum atomic E-state index is -1.03. The van der Waals surface area contributed by atoms with Crippen LogP contribution in [0.4, 0.5) is 10.1 Å². The minimum Gasteiger partial charge on any atom is -0.317 e. The summed E-state index contributed by atoms with van der Waals surface area (Å²) in [6.45, 7) is 4.31. The topological polar surface area (TPSA) is 77.6 Å². The fourth-order valence-electron chi connectivity index (χ4n) is 2.19. The molecule has 3 heterocycles. The van der Waals surface area contributed by atoms with E-state index < -0.39 is 11.7 Å². The molecule has 0 aliphatic carbocycles. The smallest absolute Gasteiger partial charge is 0.283 e. The molecule has 1 aliphatic heterocycles. The van der Waals surface area contributed by atoms with Crippen LogP contribution in [0.2, 0.25) is 0 Å². The van der Waals surface area contributed by atoms with E-state index in [1.807, 2.05) is 0 Å². The Bertz CT molecular complexity index is 673. The molecule has 1 N–H and O–H groups in total. The number of rotatable bonds is 4. The number of amides is 1. The van der Waals surface area contributed by atoms with Gasteiger partial charge in [0, 0.05) is 19.2 Å². The zero-order chi connectivity index (χ0) is 14.1. The monoisotopic (exact) mass is 276 g/mol. The molecule has 0 spiro atoms. The van der Waals surface area contributed by atoms with Gasteiger partial charge in [0.1, 0.15) is 12.4 Å². The van der Waals surface area contributed by atoms with Crippen molar-refractivity contribution >= 4 is 11.6 Å². The lowest BCUT2D eigenvalue weighted by Gasteiger charge is -2.02. The summed E-state index contributed by atoms with van der Waals surface area (Å²) in [6.07, 6.45) is 5.09. The normalized spacial score (nSPS) is 13.2. The first-order valence-corrected chi connectivity index (χ1v) is 6.22. The largest absolute Gasteiger partial charge is 0.317 e. The molecule has 1 amide bonds. The van der Waals surface area contributed by atoms with Crippen molar-refractivity contribution < 1.29 is 9.18 Å². The second-order valence-electron chi connectivity index (χ2n) is 4.57. The Morgan fingerprint density at radius 3 is 3.15 bits per heavy atom. The number of halogens is 1. The molecule has 0 fully saturated rings. The van der Waals surface area contributed by atoms with Gasteiger partial charge >= 0.3 is 0 Å². The van der Waals surface area contributed by atoms with Gasteiger partial charge in [-0.05, 0) is 6.42 Å². The van der Waals surface area contributed by atoms with Crippen molar-refractivity contribution in [3.8, 4) is 0 Å². The van der Waals surface area contributed by atoms with Gasteiger partial charge in [-0.15, -0.1) is 10.2 Å². The van der Waals surface area contributed by atoms with E-state index in [2.05, 4.69) is 31.8 Å². The lowest BCUT2D eigenvalue weighted by atomic mass is 10.4. The molecule has 20 heavy (non-hydrogen) atoms. The van der Waals surface area contributed by atoms with Gasteiger partial charge in [-0.1, -0.05) is 6.58 Å². The lowest BCUT2D eigenvalue weighted by molar-refractivity contribution is -0.114. The van der Waals surface area contributed by atoms with E-state index >= 15 is 0 Å². The summed E-state index contributed by atoms with van der Waals surface area (Å²) in [5.41, 5.74) is 0.412. The van der Waals surface area contributed by atoms with E-state index in [4.69, 9.17) is 0 Å². The fraction of sp³-hybridized carbons (Fsp3) is 0.333. The maximum Gasteiger partial charge on any atom is 0.283 e. The molecule has 0 aromatic carbocycles. The van der Waals surface area contributed by atoms with Gasteiger partial charge in [0.05, 0.1) is 11.9 Å². The number of hydrogen-bond acceptors (Lipinski definition) is 4. The highest BCUT2D eigenvalue weighted by molar-refractivity contribution is 6.01. The molecule has 2 aromatic heterocycles. The highest BCUT2D eigenvalue weighted by Gasteiger charge is 2.17. The average molecular weight is 276 g/mol. The van der Waals surface area contributed by atoms with Crippen LogP contribution in [-0.4, -0.2) is 30.5 Å². The van der Waals surface area contributed by atoms with Crippen LogP contribution in [0.5, 0.6) is 0 Å². The van der Waals surface area contributed by atoms with E-state index in [0.29, 0.717) is 12.2 Å². The highest BCUT2D eigenvalue weighted by Crippen LogP contribution is 2.15. The zero-order valence-electron chi connectivity index (χ0n) is 10.7. The average Bonchev–Trinajstić information content (AvgIpc) is 3.08. The number of aromatic nitrogens is 5. The molecule has 7 nitrogen and oxygen atoms in total. The van der Waals surface area contributed by atoms with Crippen molar-refractivity contribution in [1.29, 1.82) is 0 Å². The molecule has 0 atom stereocenters. The predicted molar refractivity (Wildman–Crippen MR) is 68.5 cm³/mol. The second-order valence-corrected chi connectivity index (χ2v) is 4.57. The van der Waals surface area contributed by atoms with Crippen molar-refractivity contribution in [2.24, 2.45) is 0 Å². The molecule has 1 aliphatic rings. The van der Waals surface area contributed by atoms with Gasteiger partial charge in [-0.25, -0.2) is 4.39 Å². The Morgan fingerprint density at radius 2 is 2.35 bits per heavy atom. The highest BCUT2D eigenvalue weighted by atomic mass is 19.1. The lowest BCUT2D eigenvalue weighted by Crippen LogP contribution is -2.11. The SMILES string of the molecule is C=C(F)C(=O)Nc1cnn(Cc2nnc3n2CCC3)c1. The van der Waals surface area contributed by atoms with Crippen molar-refractivity contribution in [2.45, 2.75) is 25.9 Å². The van der Waals surface area contributed by atoms with Gasteiger partial charge in [0.2, 0.25) is 0 Å². The number of nitrogens with one attached hydrogen (secondary N) is 1. The summed E-state index contributed by atoms with van der Waals surface area (Å²) in [5, 5.41) is 14.7. The molecule has 0 saturated heterocycles. The van der Waals surface area contributed by atoms with Crippen LogP contribution in [0.3, 0.4) is 0 Å². The van der Waals surface area contributed by atoms with Gasteiger partial charge in [-0.3, -0.25) is 9.48 Å². The van der Waals surface area contributed by atoms with Gasteiger partial charge in [0.25, 0.3) is 5.91 Å². The molecule has 0 saturated carbocycles. The third kappa shape index (κ3) is 2.31. The molecule has 0 unspecified atom stereocenters. The van der Waals surface area contributed by atoms with E-state index in [1.165, 1.54) is 6.20 Å². The fourth-order valence-corrected chi connectivity index (χ4v) is 2.19. The first-order valence-electron chi connectivity index (χ1n) is 6.22. The minimum absolute atomic E-state index is 0.412. The van der Waals surface area contributed by atoms with E-state index in [-0.39, 0.29) is 0 Å². The summed E-state index contributed by atoms with van der Waals surface area (Å²) in [5.74, 6) is -0.0799. The van der Waals surface area contributed by atoms with Crippen LogP contribution in [0.15, 0.2) is 24.8 Å². The van der Waals surface area contributed by atoms with Gasteiger partial charge in [-0.2, -0.15) is 5.10 Å². The van der Waals surface area contributed by atoms with E-state index in [0.717, 1.165) is 31.0 Å². The van der Waals surface area contributed by atoms with Crippen molar-refractivity contribution in [1.82, 2.24) is 24.5 Å². The van der Waals surface area contributed by atoms with E-state index in [1.54, 1.807) is 10.9 Å². The Balaban J connectivity index is 1.71. The first kappa shape index (κ1) is 12.5. The maximum atomic E-state index is 12.6. The summed E-state index contributed by atoms with van der Waals surface area (Å²) in [4.78, 5) is 11.1. The summed E-state index contributed by atoms with van der Waals surface area (Å²) in [6, 6.07) is 0. The molecule has 8 heteroatoms. The van der Waals surface area contributed by atoms with Crippen molar-refractivity contribution in [3.63, 3.8) is 0 Å². The second kappa shape index (κ2) is 4.87. The molecular formula is C12H13FN6O. The molecular weight excluding hydrogens is 263 g/mol. The zero-order valence-corrected chi connectivity index (χ0v) is 10.7. The Hall–Kier alpha value is -2.51. The van der Waals surface area contributed by atoms with Crippen molar-refractivity contribution in [3.05, 3.63) is 36.4 Å². The predicted octanol–water partition coefficient (Wildman–Crippen LogP) is 0.891. The number of fused-ring (bicyclic) bond motifs is 1. The third-order valence-electron chi connectivity index (χ3n) is 3.13. The van der Waals surface area contributed by atoms with Gasteiger partial charge in [0.15, 0.2) is 11.7 Å². The van der Waals surface area contributed by atoms with Gasteiger partial charge < -0.3 is 9.88 Å². The summed E-state index contributed by atoms with van der Waals surface area (Å²) < 4.78 is 16.3.